The fourth-order valence-electron chi connectivity index (χ4n) is 1.47. The molecule has 0 atom stereocenters. The highest BCUT2D eigenvalue weighted by molar-refractivity contribution is 5.57. The zero-order valence-electron chi connectivity index (χ0n) is 6.50. The van der Waals surface area contributed by atoms with E-state index in [2.05, 4.69) is 10.3 Å². The molecule has 3 heteroatoms. The van der Waals surface area contributed by atoms with Crippen molar-refractivity contribution in [1.82, 2.24) is 5.32 Å². The van der Waals surface area contributed by atoms with Gasteiger partial charge in [-0.15, -0.1) is 0 Å². The van der Waals surface area contributed by atoms with E-state index in [-0.39, 0.29) is 0 Å². The Kier molecular flexibility index (Phi) is 1.74. The van der Waals surface area contributed by atoms with Gasteiger partial charge in [-0.1, -0.05) is 12.1 Å². The molecule has 12 heavy (non-hydrogen) atoms. The Morgan fingerprint density at radius 1 is 1.42 bits per heavy atom. The highest BCUT2D eigenvalue weighted by Crippen LogP contribution is 2.25. The number of carbonyl (C=O) groups excluding carboxylic acids is 1. The van der Waals surface area contributed by atoms with Gasteiger partial charge in [0.2, 0.25) is 6.08 Å². The van der Waals surface area contributed by atoms with E-state index in [4.69, 9.17) is 0 Å². The summed E-state index contributed by atoms with van der Waals surface area (Å²) in [7, 11) is 0. The fraction of sp³-hybridized carbons (Fsp3) is 0.222. The van der Waals surface area contributed by atoms with Crippen molar-refractivity contribution in [3.63, 3.8) is 0 Å². The lowest BCUT2D eigenvalue weighted by Crippen LogP contribution is -1.99. The van der Waals surface area contributed by atoms with Gasteiger partial charge in [-0.2, -0.15) is 4.99 Å². The average Bonchev–Trinajstić information content (AvgIpc) is 2.53. The van der Waals surface area contributed by atoms with E-state index in [1.807, 2.05) is 18.2 Å². The molecule has 3 nitrogen and oxygen atoms in total. The van der Waals surface area contributed by atoms with Gasteiger partial charge in [0.25, 0.3) is 0 Å². The summed E-state index contributed by atoms with van der Waals surface area (Å²) in [5, 5.41) is 3.20. The molecule has 2 rings (SSSR count). The third-order valence-corrected chi connectivity index (χ3v) is 2.03. The van der Waals surface area contributed by atoms with Crippen molar-refractivity contribution in [1.29, 1.82) is 0 Å². The molecule has 0 amide bonds. The highest BCUT2D eigenvalue weighted by atomic mass is 16.1. The summed E-state index contributed by atoms with van der Waals surface area (Å²) < 4.78 is 0. The topological polar surface area (TPSA) is 41.5 Å². The van der Waals surface area contributed by atoms with Crippen LogP contribution in [-0.2, 0) is 17.9 Å². The van der Waals surface area contributed by atoms with Crippen LogP contribution in [0.2, 0.25) is 0 Å². The first-order chi connectivity index (χ1) is 5.92. The first-order valence-electron chi connectivity index (χ1n) is 3.81. The Morgan fingerprint density at radius 2 is 2.33 bits per heavy atom. The van der Waals surface area contributed by atoms with E-state index in [1.165, 1.54) is 5.56 Å². The second-order valence-electron chi connectivity index (χ2n) is 2.72. The molecular weight excluding hydrogens is 152 g/mol. The Labute approximate surface area is 70.1 Å². The SMILES string of the molecule is O=C=Nc1cccc2c1CNC2. The second-order valence-corrected chi connectivity index (χ2v) is 2.72. The van der Waals surface area contributed by atoms with Crippen LogP contribution in [0.1, 0.15) is 11.1 Å². The van der Waals surface area contributed by atoms with Gasteiger partial charge in [-0.25, -0.2) is 4.79 Å². The van der Waals surface area contributed by atoms with Crippen molar-refractivity contribution in [2.75, 3.05) is 0 Å². The second kappa shape index (κ2) is 2.89. The van der Waals surface area contributed by atoms with Crippen LogP contribution >= 0.6 is 0 Å². The minimum Gasteiger partial charge on any atom is -0.309 e. The van der Waals surface area contributed by atoms with Gasteiger partial charge in [0, 0.05) is 13.1 Å². The maximum absolute atomic E-state index is 10.1. The van der Waals surface area contributed by atoms with Crippen LogP contribution < -0.4 is 5.32 Å². The molecule has 1 aliphatic rings. The smallest absolute Gasteiger partial charge is 0.240 e. The third kappa shape index (κ3) is 1.05. The monoisotopic (exact) mass is 160 g/mol. The number of aliphatic imine (C=N–C) groups is 1. The summed E-state index contributed by atoms with van der Waals surface area (Å²) in [4.78, 5) is 13.7. The molecule has 0 spiro atoms. The minimum atomic E-state index is 0.743. The van der Waals surface area contributed by atoms with Gasteiger partial charge in [0.05, 0.1) is 5.69 Å². The zero-order chi connectivity index (χ0) is 8.39. The molecule has 1 aromatic carbocycles. The number of benzene rings is 1. The lowest BCUT2D eigenvalue weighted by molar-refractivity contribution is 0.565. The number of nitrogens with one attached hydrogen (secondary N) is 1. The van der Waals surface area contributed by atoms with Crippen LogP contribution in [0.3, 0.4) is 0 Å². The molecule has 1 N–H and O–H groups in total. The molecule has 60 valence electrons. The lowest BCUT2D eigenvalue weighted by Gasteiger charge is -1.98. The van der Waals surface area contributed by atoms with Crippen molar-refractivity contribution in [3.8, 4) is 0 Å². The largest absolute Gasteiger partial charge is 0.309 e. The van der Waals surface area contributed by atoms with Crippen molar-refractivity contribution in [2.24, 2.45) is 4.99 Å². The van der Waals surface area contributed by atoms with E-state index in [1.54, 1.807) is 6.08 Å². The molecule has 0 unspecified atom stereocenters. The maximum Gasteiger partial charge on any atom is 0.240 e. The summed E-state index contributed by atoms with van der Waals surface area (Å²) >= 11 is 0. The normalized spacial score (nSPS) is 13.7. The van der Waals surface area contributed by atoms with Gasteiger partial charge < -0.3 is 5.32 Å². The predicted molar refractivity (Wildman–Crippen MR) is 44.8 cm³/mol. The van der Waals surface area contributed by atoms with E-state index < -0.39 is 0 Å². The predicted octanol–water partition coefficient (Wildman–Crippen LogP) is 1.26. The molecule has 1 aliphatic heterocycles. The Morgan fingerprint density at radius 3 is 3.17 bits per heavy atom. The standard InChI is InChI=1S/C9H8N2O/c12-6-11-9-3-1-2-7-4-10-5-8(7)9/h1-3,10H,4-5H2. The average molecular weight is 160 g/mol. The summed E-state index contributed by atoms with van der Waals surface area (Å²) in [5.41, 5.74) is 3.10. The molecule has 1 aromatic rings. The van der Waals surface area contributed by atoms with Crippen LogP contribution in [0.5, 0.6) is 0 Å². The van der Waals surface area contributed by atoms with Crippen molar-refractivity contribution >= 4 is 11.8 Å². The number of isocyanates is 1. The zero-order valence-corrected chi connectivity index (χ0v) is 6.50. The Balaban J connectivity index is 2.56. The fourth-order valence-corrected chi connectivity index (χ4v) is 1.47. The molecule has 1 heterocycles. The van der Waals surface area contributed by atoms with Crippen LogP contribution in [0, 0.1) is 0 Å². The molecule has 0 aromatic heterocycles. The van der Waals surface area contributed by atoms with Crippen molar-refractivity contribution in [2.45, 2.75) is 13.1 Å². The first-order valence-corrected chi connectivity index (χ1v) is 3.81. The molecule has 0 radical (unpaired) electrons. The molecule has 0 fully saturated rings. The summed E-state index contributed by atoms with van der Waals surface area (Å²) in [6.07, 6.45) is 1.56. The van der Waals surface area contributed by atoms with Crippen LogP contribution in [0.4, 0.5) is 5.69 Å². The van der Waals surface area contributed by atoms with E-state index >= 15 is 0 Å². The van der Waals surface area contributed by atoms with Gasteiger partial charge in [0.15, 0.2) is 0 Å². The van der Waals surface area contributed by atoms with Crippen LogP contribution in [-0.4, -0.2) is 6.08 Å². The minimum absolute atomic E-state index is 0.743. The number of hydrogen-bond acceptors (Lipinski definition) is 3. The molecule has 0 saturated heterocycles. The number of hydrogen-bond donors (Lipinski definition) is 1. The highest BCUT2D eigenvalue weighted by Gasteiger charge is 2.12. The first kappa shape index (κ1) is 7.22. The third-order valence-electron chi connectivity index (χ3n) is 2.03. The Hall–Kier alpha value is -1.44. The van der Waals surface area contributed by atoms with Crippen molar-refractivity contribution < 1.29 is 4.79 Å². The van der Waals surface area contributed by atoms with E-state index in [0.29, 0.717) is 0 Å². The van der Waals surface area contributed by atoms with Crippen LogP contribution in [0.15, 0.2) is 23.2 Å². The summed E-state index contributed by atoms with van der Waals surface area (Å²) in [6.45, 7) is 1.67. The molecule has 0 bridgehead atoms. The lowest BCUT2D eigenvalue weighted by atomic mass is 10.1. The van der Waals surface area contributed by atoms with Gasteiger partial charge in [0.1, 0.15) is 0 Å². The summed E-state index contributed by atoms with van der Waals surface area (Å²) in [6, 6.07) is 5.78. The van der Waals surface area contributed by atoms with Crippen molar-refractivity contribution in [3.05, 3.63) is 29.3 Å². The molecule has 0 saturated carbocycles. The van der Waals surface area contributed by atoms with Gasteiger partial charge in [-0.3, -0.25) is 0 Å². The van der Waals surface area contributed by atoms with Crippen LogP contribution in [0.25, 0.3) is 0 Å². The van der Waals surface area contributed by atoms with Gasteiger partial charge >= 0.3 is 0 Å². The summed E-state index contributed by atoms with van der Waals surface area (Å²) in [5.74, 6) is 0. The number of rotatable bonds is 1. The van der Waals surface area contributed by atoms with Gasteiger partial charge in [-0.05, 0) is 17.2 Å². The Bertz CT molecular complexity index is 354. The maximum atomic E-state index is 10.1. The van der Waals surface area contributed by atoms with E-state index in [9.17, 15) is 4.79 Å². The number of nitrogens with zero attached hydrogens (tertiary/aromatic N) is 1. The van der Waals surface area contributed by atoms with E-state index in [0.717, 1.165) is 24.3 Å². The molecule has 0 aliphatic carbocycles. The number of fused-ring (bicyclic) bond motifs is 1. The quantitative estimate of drug-likeness (QED) is 0.496. The molecular formula is C9H8N2O.